The molecule has 6 heteroatoms. The lowest BCUT2D eigenvalue weighted by molar-refractivity contribution is 0.100. The summed E-state index contributed by atoms with van der Waals surface area (Å²) in [6.45, 7) is 0. The number of amides is 1. The molecule has 1 aromatic carbocycles. The molecule has 0 unspecified atom stereocenters. The summed E-state index contributed by atoms with van der Waals surface area (Å²) >= 11 is 0. The van der Waals surface area contributed by atoms with Gasteiger partial charge in [0, 0.05) is 12.6 Å². The molecule has 0 atom stereocenters. The first-order valence-corrected chi connectivity index (χ1v) is 5.60. The number of carbonyl (C=O) groups excluding carboxylic acids is 1. The zero-order chi connectivity index (χ0) is 13.7. The van der Waals surface area contributed by atoms with E-state index in [-0.39, 0.29) is 5.91 Å². The Kier molecular flexibility index (Phi) is 3.82. The maximum absolute atomic E-state index is 10.4. The Balaban J connectivity index is 0.000000141. The molecule has 19 heavy (non-hydrogen) atoms. The van der Waals surface area contributed by atoms with E-state index in [1.165, 1.54) is 6.33 Å². The third kappa shape index (κ3) is 3.12. The van der Waals surface area contributed by atoms with Crippen LogP contribution in [0.25, 0.3) is 11.2 Å². The van der Waals surface area contributed by atoms with Crippen LogP contribution in [0.4, 0.5) is 0 Å². The van der Waals surface area contributed by atoms with Crippen LogP contribution in [-0.2, 0) is 7.05 Å². The van der Waals surface area contributed by atoms with E-state index in [4.69, 9.17) is 5.73 Å². The molecule has 0 fully saturated rings. The van der Waals surface area contributed by atoms with Crippen molar-refractivity contribution in [3.05, 3.63) is 54.7 Å². The molecule has 1 amide bonds. The standard InChI is InChI=1S/C7H7NO.C6H6N4/c8-7(9)6-4-2-1-3-5-6;1-10-4-9-5-2-7-3-8-6(5)10/h1-5H,(H2,8,9);2-4H,1H3. The largest absolute Gasteiger partial charge is 0.366 e. The highest BCUT2D eigenvalue weighted by atomic mass is 16.1. The molecule has 2 heterocycles. The molecule has 0 spiro atoms. The van der Waals surface area contributed by atoms with E-state index in [0.29, 0.717) is 5.56 Å². The number of hydrogen-bond acceptors (Lipinski definition) is 4. The molecule has 3 aromatic rings. The maximum atomic E-state index is 10.4. The van der Waals surface area contributed by atoms with E-state index in [1.807, 2.05) is 17.7 Å². The van der Waals surface area contributed by atoms with Crippen molar-refractivity contribution in [3.63, 3.8) is 0 Å². The van der Waals surface area contributed by atoms with Gasteiger partial charge < -0.3 is 10.3 Å². The van der Waals surface area contributed by atoms with Crippen LogP contribution in [-0.4, -0.2) is 25.4 Å². The predicted octanol–water partition coefficient (Wildman–Crippen LogP) is 1.15. The summed E-state index contributed by atoms with van der Waals surface area (Å²) in [5, 5.41) is 0. The highest BCUT2D eigenvalue weighted by Crippen LogP contribution is 2.03. The zero-order valence-corrected chi connectivity index (χ0v) is 10.4. The van der Waals surface area contributed by atoms with Crippen molar-refractivity contribution in [2.24, 2.45) is 12.8 Å². The van der Waals surface area contributed by atoms with Gasteiger partial charge in [0.1, 0.15) is 11.8 Å². The third-order valence-electron chi connectivity index (χ3n) is 2.44. The van der Waals surface area contributed by atoms with Crippen LogP contribution in [0, 0.1) is 0 Å². The number of benzene rings is 1. The summed E-state index contributed by atoms with van der Waals surface area (Å²) in [5.74, 6) is -0.379. The molecule has 0 aliphatic carbocycles. The zero-order valence-electron chi connectivity index (χ0n) is 10.4. The van der Waals surface area contributed by atoms with Gasteiger partial charge in [0.25, 0.3) is 0 Å². The molecule has 6 nitrogen and oxygen atoms in total. The Hall–Kier alpha value is -2.76. The van der Waals surface area contributed by atoms with Crippen molar-refractivity contribution in [1.29, 1.82) is 0 Å². The average Bonchev–Trinajstić information content (AvgIpc) is 2.83. The molecule has 2 N–H and O–H groups in total. The molecule has 2 aromatic heterocycles. The molecule has 0 aliphatic heterocycles. The highest BCUT2D eigenvalue weighted by molar-refractivity contribution is 5.92. The van der Waals surface area contributed by atoms with E-state index < -0.39 is 0 Å². The second kappa shape index (κ2) is 5.72. The molecule has 96 valence electrons. The molecule has 0 bridgehead atoms. The number of aromatic nitrogens is 4. The van der Waals surface area contributed by atoms with E-state index in [2.05, 4.69) is 15.0 Å². The van der Waals surface area contributed by atoms with Crippen molar-refractivity contribution in [2.45, 2.75) is 0 Å². The molecule has 3 rings (SSSR count). The topological polar surface area (TPSA) is 86.7 Å². The molecule has 0 aliphatic rings. The van der Waals surface area contributed by atoms with Gasteiger partial charge in [-0.2, -0.15) is 0 Å². The van der Waals surface area contributed by atoms with E-state index in [9.17, 15) is 4.79 Å². The van der Waals surface area contributed by atoms with Crippen LogP contribution in [0.3, 0.4) is 0 Å². The average molecular weight is 255 g/mol. The Morgan fingerprint density at radius 1 is 1.21 bits per heavy atom. The van der Waals surface area contributed by atoms with Crippen LogP contribution in [0.2, 0.25) is 0 Å². The molecular formula is C13H13N5O. The number of rotatable bonds is 1. The lowest BCUT2D eigenvalue weighted by Crippen LogP contribution is -2.09. The van der Waals surface area contributed by atoms with Crippen molar-refractivity contribution in [3.8, 4) is 0 Å². The fourth-order valence-electron chi connectivity index (χ4n) is 1.48. The van der Waals surface area contributed by atoms with E-state index in [0.717, 1.165) is 11.2 Å². The van der Waals surface area contributed by atoms with Gasteiger partial charge in [0.15, 0.2) is 5.65 Å². The second-order valence-electron chi connectivity index (χ2n) is 3.82. The van der Waals surface area contributed by atoms with Crippen molar-refractivity contribution < 1.29 is 4.79 Å². The fraction of sp³-hybridized carbons (Fsp3) is 0.0769. The van der Waals surface area contributed by atoms with Gasteiger partial charge in [0.2, 0.25) is 5.91 Å². The van der Waals surface area contributed by atoms with Gasteiger partial charge in [0.05, 0.1) is 12.5 Å². The first kappa shape index (κ1) is 12.7. The van der Waals surface area contributed by atoms with Gasteiger partial charge in [-0.3, -0.25) is 4.79 Å². The number of primary amides is 1. The quantitative estimate of drug-likeness (QED) is 0.706. The van der Waals surface area contributed by atoms with Crippen molar-refractivity contribution >= 4 is 17.1 Å². The van der Waals surface area contributed by atoms with E-state index >= 15 is 0 Å². The number of nitrogens with two attached hydrogens (primary N) is 1. The number of aryl methyl sites for hydroxylation is 1. The minimum absolute atomic E-state index is 0.379. The van der Waals surface area contributed by atoms with Gasteiger partial charge in [-0.15, -0.1) is 0 Å². The Bertz CT molecular complexity index is 678. The SMILES string of the molecule is Cn1cnc2cncnc21.NC(=O)c1ccccc1. The molecular weight excluding hydrogens is 242 g/mol. The summed E-state index contributed by atoms with van der Waals surface area (Å²) in [7, 11) is 1.91. The van der Waals surface area contributed by atoms with Crippen LogP contribution < -0.4 is 5.73 Å². The maximum Gasteiger partial charge on any atom is 0.248 e. The minimum Gasteiger partial charge on any atom is -0.366 e. The smallest absolute Gasteiger partial charge is 0.248 e. The summed E-state index contributed by atoms with van der Waals surface area (Å²) in [6.07, 6.45) is 4.94. The summed E-state index contributed by atoms with van der Waals surface area (Å²) in [6, 6.07) is 8.76. The van der Waals surface area contributed by atoms with Crippen molar-refractivity contribution in [2.75, 3.05) is 0 Å². The third-order valence-corrected chi connectivity index (χ3v) is 2.44. The Morgan fingerprint density at radius 3 is 2.53 bits per heavy atom. The summed E-state index contributed by atoms with van der Waals surface area (Å²) in [4.78, 5) is 22.3. The van der Waals surface area contributed by atoms with Gasteiger partial charge >= 0.3 is 0 Å². The van der Waals surface area contributed by atoms with Gasteiger partial charge in [-0.05, 0) is 12.1 Å². The molecule has 0 saturated heterocycles. The fourth-order valence-corrected chi connectivity index (χ4v) is 1.48. The monoisotopic (exact) mass is 255 g/mol. The van der Waals surface area contributed by atoms with Crippen LogP contribution in [0.5, 0.6) is 0 Å². The van der Waals surface area contributed by atoms with Crippen LogP contribution in [0.15, 0.2) is 49.2 Å². The highest BCUT2D eigenvalue weighted by Gasteiger charge is 1.96. The summed E-state index contributed by atoms with van der Waals surface area (Å²) in [5.41, 5.74) is 7.24. The number of carbonyl (C=O) groups is 1. The number of imidazole rings is 1. The Morgan fingerprint density at radius 2 is 1.95 bits per heavy atom. The first-order valence-electron chi connectivity index (χ1n) is 5.60. The van der Waals surface area contributed by atoms with Crippen LogP contribution in [0.1, 0.15) is 10.4 Å². The van der Waals surface area contributed by atoms with Crippen molar-refractivity contribution in [1.82, 2.24) is 19.5 Å². The first-order chi connectivity index (χ1) is 9.18. The Labute approximate surface area is 109 Å². The minimum atomic E-state index is -0.379. The lowest BCUT2D eigenvalue weighted by atomic mass is 10.2. The lowest BCUT2D eigenvalue weighted by Gasteiger charge is -1.89. The summed E-state index contributed by atoms with van der Waals surface area (Å²) < 4.78 is 1.86. The number of nitrogens with zero attached hydrogens (tertiary/aromatic N) is 4. The predicted molar refractivity (Wildman–Crippen MR) is 71.3 cm³/mol. The number of hydrogen-bond donors (Lipinski definition) is 1. The normalized spacial score (nSPS) is 9.74. The number of fused-ring (bicyclic) bond motifs is 1. The molecule has 0 saturated carbocycles. The second-order valence-corrected chi connectivity index (χ2v) is 3.82. The van der Waals surface area contributed by atoms with Gasteiger partial charge in [-0.1, -0.05) is 18.2 Å². The van der Waals surface area contributed by atoms with E-state index in [1.54, 1.807) is 36.8 Å². The van der Waals surface area contributed by atoms with Crippen LogP contribution >= 0.6 is 0 Å². The molecule has 0 radical (unpaired) electrons. The van der Waals surface area contributed by atoms with Gasteiger partial charge in [-0.25, -0.2) is 15.0 Å².